The summed E-state index contributed by atoms with van der Waals surface area (Å²) in [7, 11) is 1.44. The number of hydrogen-bond donors (Lipinski definition) is 2. The Morgan fingerprint density at radius 3 is 2.31 bits per heavy atom. The normalized spacial score (nSPS) is 10.5. The fourth-order valence-electron chi connectivity index (χ4n) is 2.66. The van der Waals surface area contributed by atoms with E-state index in [0.29, 0.717) is 16.5 Å². The Morgan fingerprint density at radius 2 is 1.58 bits per heavy atom. The van der Waals surface area contributed by atoms with Gasteiger partial charge in [-0.15, -0.1) is 0 Å². The van der Waals surface area contributed by atoms with Crippen LogP contribution in [0.5, 0.6) is 17.2 Å². The Bertz CT molecular complexity index is 993. The molecule has 0 fully saturated rings. The Hall–Kier alpha value is -3.54. The first-order valence-corrected chi connectivity index (χ1v) is 7.80. The fraction of sp³-hybridized carbons (Fsp3) is 0.100. The smallest absolute Gasteiger partial charge is 0.342 e. The highest BCUT2D eigenvalue weighted by atomic mass is 16.5. The van der Waals surface area contributed by atoms with Crippen molar-refractivity contribution in [3.63, 3.8) is 0 Å². The van der Waals surface area contributed by atoms with Gasteiger partial charge in [-0.05, 0) is 18.2 Å². The van der Waals surface area contributed by atoms with E-state index < -0.39 is 18.4 Å². The summed E-state index contributed by atoms with van der Waals surface area (Å²) in [5.41, 5.74) is 0.0717. The zero-order chi connectivity index (χ0) is 18.7. The molecule has 0 bridgehead atoms. The largest absolute Gasteiger partial charge is 0.507 e. The minimum Gasteiger partial charge on any atom is -0.507 e. The summed E-state index contributed by atoms with van der Waals surface area (Å²) >= 11 is 0. The van der Waals surface area contributed by atoms with Crippen molar-refractivity contribution in [2.24, 2.45) is 0 Å². The third kappa shape index (κ3) is 3.17. The highest BCUT2D eigenvalue weighted by Crippen LogP contribution is 2.35. The predicted octanol–water partition coefficient (Wildman–Crippen LogP) is 3.30. The number of hydrogen-bond acceptors (Lipinski definition) is 6. The lowest BCUT2D eigenvalue weighted by molar-refractivity contribution is 0.0471. The van der Waals surface area contributed by atoms with Crippen LogP contribution in [0.2, 0.25) is 0 Å². The van der Waals surface area contributed by atoms with Crippen LogP contribution in [0.4, 0.5) is 0 Å². The topological polar surface area (TPSA) is 93.1 Å². The number of benzene rings is 3. The molecule has 0 aliphatic heterocycles. The molecule has 0 atom stereocenters. The minimum absolute atomic E-state index is 0.165. The van der Waals surface area contributed by atoms with E-state index in [0.717, 1.165) is 6.07 Å². The summed E-state index contributed by atoms with van der Waals surface area (Å²) < 4.78 is 10.1. The minimum atomic E-state index is -0.910. The number of ketones is 1. The van der Waals surface area contributed by atoms with E-state index in [9.17, 15) is 19.8 Å². The Kier molecular flexibility index (Phi) is 4.75. The molecule has 3 rings (SSSR count). The van der Waals surface area contributed by atoms with Gasteiger partial charge in [0.25, 0.3) is 0 Å². The first-order valence-electron chi connectivity index (χ1n) is 7.80. The number of para-hydroxylation sites is 1. The van der Waals surface area contributed by atoms with Crippen LogP contribution >= 0.6 is 0 Å². The van der Waals surface area contributed by atoms with Crippen molar-refractivity contribution in [1.29, 1.82) is 0 Å². The predicted molar refractivity (Wildman–Crippen MR) is 94.9 cm³/mol. The molecule has 0 saturated heterocycles. The van der Waals surface area contributed by atoms with Gasteiger partial charge >= 0.3 is 5.97 Å². The average Bonchev–Trinajstić information content (AvgIpc) is 2.68. The zero-order valence-corrected chi connectivity index (χ0v) is 13.9. The van der Waals surface area contributed by atoms with Crippen LogP contribution < -0.4 is 4.74 Å². The molecule has 0 spiro atoms. The van der Waals surface area contributed by atoms with Gasteiger partial charge in [-0.25, -0.2) is 4.79 Å². The molecule has 3 aromatic rings. The molecule has 2 N–H and O–H groups in total. The number of rotatable bonds is 5. The van der Waals surface area contributed by atoms with Crippen LogP contribution in [0, 0.1) is 0 Å². The molecule has 0 radical (unpaired) electrons. The second kappa shape index (κ2) is 7.14. The second-order valence-electron chi connectivity index (χ2n) is 5.54. The standard InChI is InChI=1S/C20H16O6/c1-25-18-9-5-4-8-14(18)17(22)11-26-20(24)15-10-16(21)12-6-2-3-7-13(12)19(15)23/h2-10,21,23H,11H2,1H3. The Balaban J connectivity index is 1.82. The third-order valence-electron chi connectivity index (χ3n) is 3.96. The SMILES string of the molecule is COc1ccccc1C(=O)COC(=O)c1cc(O)c2ccccc2c1O. The van der Waals surface area contributed by atoms with Crippen molar-refractivity contribution >= 4 is 22.5 Å². The van der Waals surface area contributed by atoms with Gasteiger partial charge < -0.3 is 19.7 Å². The van der Waals surface area contributed by atoms with Gasteiger partial charge in [0.2, 0.25) is 5.78 Å². The molecule has 0 aromatic heterocycles. The number of ether oxygens (including phenoxy) is 2. The first kappa shape index (κ1) is 17.3. The third-order valence-corrected chi connectivity index (χ3v) is 3.96. The monoisotopic (exact) mass is 352 g/mol. The Labute approximate surface area is 149 Å². The number of aromatic hydroxyl groups is 2. The lowest BCUT2D eigenvalue weighted by atomic mass is 10.0. The maximum atomic E-state index is 12.3. The van der Waals surface area contributed by atoms with Gasteiger partial charge in [0.1, 0.15) is 22.8 Å². The fourth-order valence-corrected chi connectivity index (χ4v) is 2.66. The van der Waals surface area contributed by atoms with Crippen LogP contribution in [0.3, 0.4) is 0 Å². The molecular formula is C20H16O6. The molecule has 0 unspecified atom stereocenters. The van der Waals surface area contributed by atoms with Crippen LogP contribution in [0.1, 0.15) is 20.7 Å². The molecule has 0 saturated carbocycles. The van der Waals surface area contributed by atoms with Crippen molar-refractivity contribution < 1.29 is 29.3 Å². The van der Waals surface area contributed by atoms with Crippen molar-refractivity contribution in [1.82, 2.24) is 0 Å². The number of carbonyl (C=O) groups excluding carboxylic acids is 2. The molecule has 6 heteroatoms. The number of fused-ring (bicyclic) bond motifs is 1. The van der Waals surface area contributed by atoms with Gasteiger partial charge in [-0.3, -0.25) is 4.79 Å². The molecule has 6 nitrogen and oxygen atoms in total. The number of Topliss-reactive ketones (excluding diaryl/α,β-unsaturated/α-hetero) is 1. The van der Waals surface area contributed by atoms with Gasteiger partial charge in [-0.1, -0.05) is 36.4 Å². The summed E-state index contributed by atoms with van der Waals surface area (Å²) in [5, 5.41) is 21.1. The lowest BCUT2D eigenvalue weighted by Crippen LogP contribution is -2.15. The van der Waals surface area contributed by atoms with E-state index in [1.54, 1.807) is 48.5 Å². The van der Waals surface area contributed by atoms with E-state index in [1.807, 2.05) is 0 Å². The molecule has 0 heterocycles. The van der Waals surface area contributed by atoms with Gasteiger partial charge in [0.15, 0.2) is 6.61 Å². The Morgan fingerprint density at radius 1 is 0.923 bits per heavy atom. The molecule has 0 amide bonds. The van der Waals surface area contributed by atoms with Crippen molar-refractivity contribution in [2.45, 2.75) is 0 Å². The van der Waals surface area contributed by atoms with Gasteiger partial charge in [-0.2, -0.15) is 0 Å². The summed E-state index contributed by atoms with van der Waals surface area (Å²) in [5.74, 6) is -1.46. The molecular weight excluding hydrogens is 336 g/mol. The average molecular weight is 352 g/mol. The van der Waals surface area contributed by atoms with E-state index in [2.05, 4.69) is 0 Å². The van der Waals surface area contributed by atoms with Crippen LogP contribution in [0.25, 0.3) is 10.8 Å². The molecule has 26 heavy (non-hydrogen) atoms. The summed E-state index contributed by atoms with van der Waals surface area (Å²) in [6.07, 6.45) is 0. The maximum Gasteiger partial charge on any atom is 0.342 e. The molecule has 0 aliphatic rings. The van der Waals surface area contributed by atoms with Gasteiger partial charge in [0.05, 0.1) is 12.7 Å². The molecule has 3 aromatic carbocycles. The van der Waals surface area contributed by atoms with E-state index >= 15 is 0 Å². The number of methoxy groups -OCH3 is 1. The quantitative estimate of drug-likeness (QED) is 0.416. The lowest BCUT2D eigenvalue weighted by Gasteiger charge is -2.10. The van der Waals surface area contributed by atoms with Gasteiger partial charge in [0, 0.05) is 10.8 Å². The van der Waals surface area contributed by atoms with Crippen LogP contribution in [-0.4, -0.2) is 35.7 Å². The number of phenolic OH excluding ortho intramolecular Hbond substituents is 2. The molecule has 132 valence electrons. The second-order valence-corrected chi connectivity index (χ2v) is 5.54. The van der Waals surface area contributed by atoms with Crippen molar-refractivity contribution in [2.75, 3.05) is 13.7 Å². The summed E-state index contributed by atoms with van der Waals surface area (Å²) in [6, 6.07) is 14.3. The number of phenols is 2. The maximum absolute atomic E-state index is 12.3. The van der Waals surface area contributed by atoms with Crippen LogP contribution in [0.15, 0.2) is 54.6 Å². The van der Waals surface area contributed by atoms with Crippen molar-refractivity contribution in [3.05, 3.63) is 65.7 Å². The highest BCUT2D eigenvalue weighted by Gasteiger charge is 2.20. The zero-order valence-electron chi connectivity index (χ0n) is 13.9. The highest BCUT2D eigenvalue weighted by molar-refractivity contribution is 6.05. The number of esters is 1. The van der Waals surface area contributed by atoms with Crippen LogP contribution in [-0.2, 0) is 4.74 Å². The first-order chi connectivity index (χ1) is 12.5. The van der Waals surface area contributed by atoms with E-state index in [1.165, 1.54) is 7.11 Å². The summed E-state index contributed by atoms with van der Waals surface area (Å²) in [4.78, 5) is 24.5. The number of carbonyl (C=O) groups is 2. The van der Waals surface area contributed by atoms with E-state index in [-0.39, 0.29) is 22.6 Å². The molecule has 0 aliphatic carbocycles. The van der Waals surface area contributed by atoms with Crippen molar-refractivity contribution in [3.8, 4) is 17.2 Å². The summed E-state index contributed by atoms with van der Waals surface area (Å²) in [6.45, 7) is -0.522. The van der Waals surface area contributed by atoms with E-state index in [4.69, 9.17) is 9.47 Å².